The minimum Gasteiger partial charge on any atom is -0.387 e. The van der Waals surface area contributed by atoms with Gasteiger partial charge in [-0.05, 0) is 25.5 Å². The second-order valence-corrected chi connectivity index (χ2v) is 3.26. The van der Waals surface area contributed by atoms with Crippen LogP contribution >= 0.6 is 11.6 Å². The van der Waals surface area contributed by atoms with Crippen molar-refractivity contribution in [3.8, 4) is 11.8 Å². The summed E-state index contributed by atoms with van der Waals surface area (Å²) in [6.45, 7) is 1.78. The zero-order chi connectivity index (χ0) is 10.4. The normalized spacial score (nSPS) is 11.6. The lowest BCUT2D eigenvalue weighted by Crippen LogP contribution is -2.00. The van der Waals surface area contributed by atoms with Crippen molar-refractivity contribution in [2.45, 2.75) is 25.9 Å². The standard InChI is InChI=1S/C11H12ClNO/c1-2-3-4-7-10(14)11-9(12)6-5-8-13-11/h5-6,8,10,14H,4,7H2,1H3. The molecule has 0 aliphatic heterocycles. The van der Waals surface area contributed by atoms with Gasteiger partial charge in [-0.25, -0.2) is 0 Å². The largest absolute Gasteiger partial charge is 0.387 e. The van der Waals surface area contributed by atoms with Gasteiger partial charge in [-0.2, -0.15) is 0 Å². The lowest BCUT2D eigenvalue weighted by Gasteiger charge is -2.08. The molecule has 0 saturated heterocycles. The third kappa shape index (κ3) is 3.02. The van der Waals surface area contributed by atoms with Crippen molar-refractivity contribution in [1.82, 2.24) is 4.98 Å². The quantitative estimate of drug-likeness (QED) is 0.777. The van der Waals surface area contributed by atoms with E-state index >= 15 is 0 Å². The van der Waals surface area contributed by atoms with Crippen LogP contribution in [0.15, 0.2) is 18.3 Å². The van der Waals surface area contributed by atoms with Crippen molar-refractivity contribution in [3.05, 3.63) is 29.0 Å². The molecule has 1 rings (SSSR count). The second-order valence-electron chi connectivity index (χ2n) is 2.85. The smallest absolute Gasteiger partial charge is 0.0984 e. The average Bonchev–Trinajstić information content (AvgIpc) is 2.18. The van der Waals surface area contributed by atoms with Crippen LogP contribution in [0.25, 0.3) is 0 Å². The maximum absolute atomic E-state index is 9.71. The van der Waals surface area contributed by atoms with Crippen LogP contribution in [0.5, 0.6) is 0 Å². The van der Waals surface area contributed by atoms with Crippen LogP contribution in [-0.2, 0) is 0 Å². The highest BCUT2D eigenvalue weighted by Crippen LogP contribution is 2.22. The molecule has 0 aromatic carbocycles. The Morgan fingerprint density at radius 2 is 2.43 bits per heavy atom. The van der Waals surface area contributed by atoms with Gasteiger partial charge in [0.2, 0.25) is 0 Å². The molecule has 1 unspecified atom stereocenters. The molecule has 0 amide bonds. The van der Waals surface area contributed by atoms with Gasteiger partial charge in [-0.3, -0.25) is 4.98 Å². The molecule has 1 heterocycles. The monoisotopic (exact) mass is 209 g/mol. The van der Waals surface area contributed by atoms with E-state index in [9.17, 15) is 5.11 Å². The van der Waals surface area contributed by atoms with Gasteiger partial charge in [0.15, 0.2) is 0 Å². The molecular formula is C11H12ClNO. The SMILES string of the molecule is CC#CCCC(O)c1ncccc1Cl. The second kappa shape index (κ2) is 5.64. The summed E-state index contributed by atoms with van der Waals surface area (Å²) in [6, 6.07) is 3.46. The summed E-state index contributed by atoms with van der Waals surface area (Å²) >= 11 is 5.87. The molecule has 14 heavy (non-hydrogen) atoms. The molecule has 1 N–H and O–H groups in total. The molecule has 2 nitrogen and oxygen atoms in total. The summed E-state index contributed by atoms with van der Waals surface area (Å²) in [4.78, 5) is 4.03. The molecule has 0 bridgehead atoms. The highest BCUT2D eigenvalue weighted by atomic mass is 35.5. The first-order valence-electron chi connectivity index (χ1n) is 4.43. The number of hydrogen-bond acceptors (Lipinski definition) is 2. The van der Waals surface area contributed by atoms with E-state index in [0.29, 0.717) is 23.6 Å². The summed E-state index contributed by atoms with van der Waals surface area (Å²) in [5.74, 6) is 5.66. The summed E-state index contributed by atoms with van der Waals surface area (Å²) in [5.41, 5.74) is 0.534. The number of nitrogens with zero attached hydrogens (tertiary/aromatic N) is 1. The van der Waals surface area contributed by atoms with Crippen LogP contribution in [0.4, 0.5) is 0 Å². The highest BCUT2D eigenvalue weighted by molar-refractivity contribution is 6.31. The minimum absolute atomic E-state index is 0.504. The lowest BCUT2D eigenvalue weighted by atomic mass is 10.1. The number of rotatable bonds is 3. The summed E-state index contributed by atoms with van der Waals surface area (Å²) in [5, 5.41) is 10.2. The van der Waals surface area contributed by atoms with Crippen LogP contribution < -0.4 is 0 Å². The maximum Gasteiger partial charge on any atom is 0.0984 e. The van der Waals surface area contributed by atoms with Crippen molar-refractivity contribution in [2.75, 3.05) is 0 Å². The number of pyridine rings is 1. The first-order chi connectivity index (χ1) is 6.75. The molecule has 0 aliphatic carbocycles. The van der Waals surface area contributed by atoms with Gasteiger partial charge < -0.3 is 5.11 Å². The summed E-state index contributed by atoms with van der Waals surface area (Å²) in [6.07, 6.45) is 2.22. The molecule has 74 valence electrons. The molecule has 0 radical (unpaired) electrons. The minimum atomic E-state index is -0.621. The van der Waals surface area contributed by atoms with Gasteiger partial charge in [-0.15, -0.1) is 11.8 Å². The zero-order valence-electron chi connectivity index (χ0n) is 8.00. The third-order valence-electron chi connectivity index (χ3n) is 1.82. The Bertz CT molecular complexity index is 354. The number of aromatic nitrogens is 1. The first kappa shape index (κ1) is 11.0. The Hall–Kier alpha value is -1.04. The van der Waals surface area contributed by atoms with Crippen LogP contribution in [0.1, 0.15) is 31.6 Å². The topological polar surface area (TPSA) is 33.1 Å². The average molecular weight is 210 g/mol. The number of halogens is 1. The van der Waals surface area contributed by atoms with E-state index in [0.717, 1.165) is 0 Å². The Kier molecular flexibility index (Phi) is 4.45. The van der Waals surface area contributed by atoms with E-state index in [2.05, 4.69) is 16.8 Å². The van der Waals surface area contributed by atoms with Gasteiger partial charge in [0.05, 0.1) is 16.8 Å². The summed E-state index contributed by atoms with van der Waals surface area (Å²) in [7, 11) is 0. The Morgan fingerprint density at radius 1 is 1.64 bits per heavy atom. The van der Waals surface area contributed by atoms with Crippen molar-refractivity contribution in [3.63, 3.8) is 0 Å². The van der Waals surface area contributed by atoms with Gasteiger partial charge >= 0.3 is 0 Å². The number of aliphatic hydroxyl groups is 1. The van der Waals surface area contributed by atoms with Crippen molar-refractivity contribution >= 4 is 11.6 Å². The molecule has 0 aliphatic rings. The molecular weight excluding hydrogens is 198 g/mol. The summed E-state index contributed by atoms with van der Waals surface area (Å²) < 4.78 is 0. The van der Waals surface area contributed by atoms with E-state index in [4.69, 9.17) is 11.6 Å². The lowest BCUT2D eigenvalue weighted by molar-refractivity contribution is 0.165. The fourth-order valence-electron chi connectivity index (χ4n) is 1.11. The van der Waals surface area contributed by atoms with Gasteiger partial charge in [0, 0.05) is 12.6 Å². The predicted octanol–water partition coefficient (Wildman–Crippen LogP) is 2.57. The molecule has 0 saturated carbocycles. The molecule has 0 spiro atoms. The molecule has 1 atom stereocenters. The Labute approximate surface area is 88.9 Å². The van der Waals surface area contributed by atoms with Crippen molar-refractivity contribution in [1.29, 1.82) is 0 Å². The van der Waals surface area contributed by atoms with E-state index in [1.165, 1.54) is 0 Å². The van der Waals surface area contributed by atoms with Crippen LogP contribution in [0.3, 0.4) is 0 Å². The molecule has 0 fully saturated rings. The Balaban J connectivity index is 2.63. The van der Waals surface area contributed by atoms with E-state index in [-0.39, 0.29) is 0 Å². The molecule has 1 aromatic heterocycles. The third-order valence-corrected chi connectivity index (χ3v) is 2.14. The molecule has 1 aromatic rings. The predicted molar refractivity (Wildman–Crippen MR) is 56.9 cm³/mol. The van der Waals surface area contributed by atoms with Gasteiger partial charge in [0.1, 0.15) is 0 Å². The van der Waals surface area contributed by atoms with Gasteiger partial charge in [-0.1, -0.05) is 11.6 Å². The van der Waals surface area contributed by atoms with Crippen LogP contribution in [-0.4, -0.2) is 10.1 Å². The fraction of sp³-hybridized carbons (Fsp3) is 0.364. The zero-order valence-corrected chi connectivity index (χ0v) is 8.75. The van der Waals surface area contributed by atoms with Crippen molar-refractivity contribution < 1.29 is 5.11 Å². The van der Waals surface area contributed by atoms with Crippen LogP contribution in [0, 0.1) is 11.8 Å². The number of aliphatic hydroxyl groups excluding tert-OH is 1. The molecule has 3 heteroatoms. The first-order valence-corrected chi connectivity index (χ1v) is 4.81. The van der Waals surface area contributed by atoms with E-state index < -0.39 is 6.10 Å². The van der Waals surface area contributed by atoms with E-state index in [1.807, 2.05) is 0 Å². The van der Waals surface area contributed by atoms with Gasteiger partial charge in [0.25, 0.3) is 0 Å². The Morgan fingerprint density at radius 3 is 3.07 bits per heavy atom. The fourth-order valence-corrected chi connectivity index (χ4v) is 1.36. The van der Waals surface area contributed by atoms with E-state index in [1.54, 1.807) is 25.3 Å². The highest BCUT2D eigenvalue weighted by Gasteiger charge is 2.11. The van der Waals surface area contributed by atoms with Crippen molar-refractivity contribution in [2.24, 2.45) is 0 Å². The van der Waals surface area contributed by atoms with Crippen LogP contribution in [0.2, 0.25) is 5.02 Å². The maximum atomic E-state index is 9.71. The number of hydrogen-bond donors (Lipinski definition) is 1.